The molecule has 0 aliphatic heterocycles. The fraction of sp³-hybridized carbons (Fsp3) is 0.208. The lowest BCUT2D eigenvalue weighted by molar-refractivity contribution is -0.138. The Hall–Kier alpha value is -3.95. The van der Waals surface area contributed by atoms with Crippen LogP contribution in [0.3, 0.4) is 0 Å². The van der Waals surface area contributed by atoms with Gasteiger partial charge in [0.1, 0.15) is 11.8 Å². The zero-order chi connectivity index (χ0) is 24.5. The van der Waals surface area contributed by atoms with Gasteiger partial charge in [-0.2, -0.15) is 0 Å². The van der Waals surface area contributed by atoms with Crippen LogP contribution in [0.25, 0.3) is 12.2 Å². The molecule has 0 saturated carbocycles. The zero-order valence-corrected chi connectivity index (χ0v) is 17.9. The third kappa shape index (κ3) is 7.30. The predicted molar refractivity (Wildman–Crippen MR) is 121 cm³/mol. The third-order valence-electron chi connectivity index (χ3n) is 4.73. The van der Waals surface area contributed by atoms with Crippen molar-refractivity contribution >= 4 is 29.7 Å². The number of allylic oxidation sites excluding steroid dienone is 2. The van der Waals surface area contributed by atoms with Crippen LogP contribution < -0.4 is 10.5 Å². The lowest BCUT2D eigenvalue weighted by Gasteiger charge is -2.13. The van der Waals surface area contributed by atoms with E-state index in [9.17, 15) is 29.7 Å². The predicted octanol–water partition coefficient (Wildman–Crippen LogP) is 1.81. The highest BCUT2D eigenvalue weighted by molar-refractivity contribution is 6.11. The molecule has 0 fully saturated rings. The minimum absolute atomic E-state index is 0.0594. The van der Waals surface area contributed by atoms with Crippen molar-refractivity contribution < 1.29 is 39.5 Å². The van der Waals surface area contributed by atoms with E-state index >= 15 is 0 Å². The van der Waals surface area contributed by atoms with Gasteiger partial charge in [0, 0.05) is 5.56 Å². The number of methoxy groups -OCH3 is 1. The maximum absolute atomic E-state index is 12.2. The van der Waals surface area contributed by atoms with Gasteiger partial charge in [-0.25, -0.2) is 0 Å². The molecule has 0 unspecified atom stereocenters. The lowest BCUT2D eigenvalue weighted by atomic mass is 9.98. The van der Waals surface area contributed by atoms with Gasteiger partial charge in [-0.05, 0) is 59.5 Å². The van der Waals surface area contributed by atoms with Gasteiger partial charge in [-0.1, -0.05) is 18.2 Å². The molecule has 0 saturated heterocycles. The number of phenolic OH excluding ortho intramolecular Hbond substituents is 1. The van der Waals surface area contributed by atoms with Gasteiger partial charge in [-0.3, -0.25) is 14.4 Å². The molecule has 0 bridgehead atoms. The first-order valence-electron chi connectivity index (χ1n) is 9.87. The Morgan fingerprint density at radius 2 is 1.67 bits per heavy atom. The molecule has 1 atom stereocenters. The Bertz CT molecular complexity index is 1100. The summed E-state index contributed by atoms with van der Waals surface area (Å²) in [4.78, 5) is 35.4. The molecule has 2 aromatic carbocycles. The van der Waals surface area contributed by atoms with Crippen molar-refractivity contribution in [2.75, 3.05) is 7.11 Å². The third-order valence-corrected chi connectivity index (χ3v) is 4.73. The van der Waals surface area contributed by atoms with Crippen molar-refractivity contribution in [1.82, 2.24) is 0 Å². The van der Waals surface area contributed by atoms with E-state index in [0.29, 0.717) is 22.3 Å². The minimum atomic E-state index is -1.21. The van der Waals surface area contributed by atoms with Gasteiger partial charge < -0.3 is 30.9 Å². The fourth-order valence-corrected chi connectivity index (χ4v) is 2.94. The van der Waals surface area contributed by atoms with Crippen molar-refractivity contribution in [2.45, 2.75) is 25.5 Å². The van der Waals surface area contributed by atoms with E-state index in [1.807, 2.05) is 0 Å². The summed E-state index contributed by atoms with van der Waals surface area (Å²) in [7, 11) is 1.35. The van der Waals surface area contributed by atoms with E-state index in [2.05, 4.69) is 0 Å². The standard InChI is InChI=1S/C24H25NO8/c1-33-23-11-15(16(10-22(23)30)9-20(25)24(31)32)4-6-19(28)12-18(27)5-2-14-3-7-21(29)17(8-14)13-26/h2-8,10-11,20,26,29-30H,9,12-13,25H2,1H3,(H,31,32)/b5-2+,6-4+/t20-/m0/s1. The van der Waals surface area contributed by atoms with Crippen LogP contribution in [0.1, 0.15) is 28.7 Å². The number of carbonyl (C=O) groups excluding carboxylic acids is 2. The van der Waals surface area contributed by atoms with Crippen molar-refractivity contribution in [2.24, 2.45) is 5.73 Å². The number of benzene rings is 2. The molecule has 0 aliphatic carbocycles. The van der Waals surface area contributed by atoms with Crippen LogP contribution in [0.15, 0.2) is 42.5 Å². The number of nitrogens with two attached hydrogens (primary N) is 1. The number of ketones is 2. The number of hydrogen-bond donors (Lipinski definition) is 5. The van der Waals surface area contributed by atoms with Gasteiger partial charge in [0.2, 0.25) is 0 Å². The first-order valence-corrected chi connectivity index (χ1v) is 9.87. The Morgan fingerprint density at radius 3 is 2.27 bits per heavy atom. The highest BCUT2D eigenvalue weighted by Crippen LogP contribution is 2.31. The molecule has 9 heteroatoms. The zero-order valence-electron chi connectivity index (χ0n) is 17.9. The summed E-state index contributed by atoms with van der Waals surface area (Å²) in [5, 5.41) is 37.8. The number of phenols is 2. The number of aliphatic carboxylic acids is 1. The molecular weight excluding hydrogens is 430 g/mol. The second-order valence-corrected chi connectivity index (χ2v) is 7.19. The Morgan fingerprint density at radius 1 is 1.00 bits per heavy atom. The molecule has 0 aromatic heterocycles. The Balaban J connectivity index is 2.12. The van der Waals surface area contributed by atoms with E-state index in [0.717, 1.165) is 0 Å². The molecule has 9 nitrogen and oxygen atoms in total. The number of aliphatic hydroxyl groups excluding tert-OH is 1. The Labute approximate surface area is 190 Å². The average molecular weight is 455 g/mol. The summed E-state index contributed by atoms with van der Waals surface area (Å²) < 4.78 is 5.05. The largest absolute Gasteiger partial charge is 0.508 e. The summed E-state index contributed by atoms with van der Waals surface area (Å²) in [5.74, 6) is -2.30. The maximum atomic E-state index is 12.2. The van der Waals surface area contributed by atoms with Crippen LogP contribution in [0.4, 0.5) is 0 Å². The molecular formula is C24H25NO8. The van der Waals surface area contributed by atoms with Gasteiger partial charge in [-0.15, -0.1) is 0 Å². The van der Waals surface area contributed by atoms with Crippen LogP contribution in [0.5, 0.6) is 17.2 Å². The van der Waals surface area contributed by atoms with Crippen LogP contribution in [0, 0.1) is 0 Å². The van der Waals surface area contributed by atoms with Crippen LogP contribution >= 0.6 is 0 Å². The number of carbonyl (C=O) groups is 3. The molecule has 0 heterocycles. The van der Waals surface area contributed by atoms with E-state index < -0.39 is 30.0 Å². The summed E-state index contributed by atoms with van der Waals surface area (Å²) in [5.41, 5.74) is 7.28. The van der Waals surface area contributed by atoms with Gasteiger partial charge in [0.15, 0.2) is 23.1 Å². The smallest absolute Gasteiger partial charge is 0.320 e. The van der Waals surface area contributed by atoms with Crippen molar-refractivity contribution in [1.29, 1.82) is 0 Å². The molecule has 0 radical (unpaired) electrons. The molecule has 0 aliphatic rings. The molecule has 2 aromatic rings. The number of aromatic hydroxyl groups is 2. The maximum Gasteiger partial charge on any atom is 0.320 e. The van der Waals surface area contributed by atoms with Gasteiger partial charge in [0.05, 0.1) is 20.1 Å². The summed E-state index contributed by atoms with van der Waals surface area (Å²) in [6.07, 6.45) is 4.77. The van der Waals surface area contributed by atoms with Crippen LogP contribution in [0.2, 0.25) is 0 Å². The molecule has 174 valence electrons. The first-order chi connectivity index (χ1) is 15.6. The second-order valence-electron chi connectivity index (χ2n) is 7.19. The van der Waals surface area contributed by atoms with Gasteiger partial charge in [0.25, 0.3) is 0 Å². The first kappa shape index (κ1) is 25.3. The van der Waals surface area contributed by atoms with Crippen molar-refractivity contribution in [3.05, 3.63) is 64.7 Å². The molecule has 0 amide bonds. The monoisotopic (exact) mass is 455 g/mol. The highest BCUT2D eigenvalue weighted by Gasteiger charge is 2.16. The second kappa shape index (κ2) is 11.6. The highest BCUT2D eigenvalue weighted by atomic mass is 16.5. The SMILES string of the molecule is COc1cc(/C=C/C(=O)CC(=O)/C=C/c2ccc(O)c(CO)c2)c(C[C@H](N)C(=O)O)cc1O. The van der Waals surface area contributed by atoms with Crippen LogP contribution in [-0.4, -0.2) is 51.1 Å². The summed E-state index contributed by atoms with van der Waals surface area (Å²) >= 11 is 0. The number of ether oxygens (including phenoxy) is 1. The molecule has 6 N–H and O–H groups in total. The van der Waals surface area contributed by atoms with Crippen molar-refractivity contribution in [3.63, 3.8) is 0 Å². The van der Waals surface area contributed by atoms with E-state index in [4.69, 9.17) is 15.6 Å². The lowest BCUT2D eigenvalue weighted by Crippen LogP contribution is -2.32. The quantitative estimate of drug-likeness (QED) is 0.251. The Kier molecular flexibility index (Phi) is 8.90. The molecule has 0 spiro atoms. The summed E-state index contributed by atoms with van der Waals surface area (Å²) in [6.45, 7) is -0.355. The van der Waals surface area contributed by atoms with E-state index in [1.165, 1.54) is 55.7 Å². The fourth-order valence-electron chi connectivity index (χ4n) is 2.94. The average Bonchev–Trinajstić information content (AvgIpc) is 2.77. The normalized spacial score (nSPS) is 12.2. The topological polar surface area (TPSA) is 167 Å². The number of hydrogen-bond acceptors (Lipinski definition) is 8. The minimum Gasteiger partial charge on any atom is -0.508 e. The molecule has 2 rings (SSSR count). The number of carboxylic acid groups (broad SMARTS) is 1. The summed E-state index contributed by atoms with van der Waals surface area (Å²) in [6, 6.07) is 6.01. The molecule has 33 heavy (non-hydrogen) atoms. The number of rotatable bonds is 11. The van der Waals surface area contributed by atoms with E-state index in [1.54, 1.807) is 6.07 Å². The van der Waals surface area contributed by atoms with Gasteiger partial charge >= 0.3 is 5.97 Å². The number of carboxylic acids is 1. The van der Waals surface area contributed by atoms with Crippen molar-refractivity contribution in [3.8, 4) is 17.2 Å². The number of aliphatic hydroxyl groups is 1. The van der Waals surface area contributed by atoms with E-state index in [-0.39, 0.29) is 30.3 Å². The van der Waals surface area contributed by atoms with Crippen LogP contribution in [-0.2, 0) is 27.4 Å².